The molecule has 2 bridgehead atoms. The Morgan fingerprint density at radius 3 is 2.85 bits per heavy atom. The molecule has 1 unspecified atom stereocenters. The third-order valence-electron chi connectivity index (χ3n) is 3.89. The molecule has 0 aromatic heterocycles. The fourth-order valence-electron chi connectivity index (χ4n) is 2.80. The predicted molar refractivity (Wildman–Crippen MR) is 49.9 cm³/mol. The minimum Gasteiger partial charge on any atom is -0.264 e. The van der Waals surface area contributed by atoms with Crippen LogP contribution in [0.25, 0.3) is 0 Å². The van der Waals surface area contributed by atoms with Crippen LogP contribution in [-0.2, 0) is 0 Å². The summed E-state index contributed by atoms with van der Waals surface area (Å²) in [5.41, 5.74) is 1.39. The van der Waals surface area contributed by atoms with Gasteiger partial charge in [0.25, 0.3) is 0 Å². The lowest BCUT2D eigenvalue weighted by atomic mass is 9.49. The molecular formula is C10H15NO2. The van der Waals surface area contributed by atoms with Gasteiger partial charge in [-0.05, 0) is 35.7 Å². The third-order valence-corrected chi connectivity index (χ3v) is 3.89. The van der Waals surface area contributed by atoms with Crippen molar-refractivity contribution in [3.05, 3.63) is 21.8 Å². The van der Waals surface area contributed by atoms with E-state index in [1.165, 1.54) is 6.42 Å². The van der Waals surface area contributed by atoms with Gasteiger partial charge >= 0.3 is 0 Å². The standard InChI is InChI=1S/C10H15NO2/c1-10(2)8-4-3-7(6-11(12)13)9(10)5-8/h3,8-9H,4-6H2,1-2H3/t8?,9-/m0/s1. The van der Waals surface area contributed by atoms with E-state index in [-0.39, 0.29) is 11.5 Å². The van der Waals surface area contributed by atoms with Crippen LogP contribution in [0.15, 0.2) is 11.6 Å². The maximum Gasteiger partial charge on any atom is 0.225 e. The summed E-state index contributed by atoms with van der Waals surface area (Å²) in [5, 5.41) is 10.4. The zero-order chi connectivity index (χ0) is 9.64. The predicted octanol–water partition coefficient (Wildman–Crippen LogP) is 2.26. The van der Waals surface area contributed by atoms with Crippen molar-refractivity contribution in [3.8, 4) is 0 Å². The molecule has 1 saturated carbocycles. The van der Waals surface area contributed by atoms with Gasteiger partial charge in [0.15, 0.2) is 0 Å². The van der Waals surface area contributed by atoms with Gasteiger partial charge in [-0.1, -0.05) is 19.9 Å². The van der Waals surface area contributed by atoms with Crippen molar-refractivity contribution >= 4 is 0 Å². The molecule has 13 heavy (non-hydrogen) atoms. The van der Waals surface area contributed by atoms with E-state index in [0.29, 0.717) is 11.3 Å². The monoisotopic (exact) mass is 181 g/mol. The van der Waals surface area contributed by atoms with Crippen LogP contribution in [0.4, 0.5) is 0 Å². The molecule has 3 aliphatic carbocycles. The van der Waals surface area contributed by atoms with Crippen molar-refractivity contribution in [3.63, 3.8) is 0 Å². The molecule has 3 rings (SSSR count). The largest absolute Gasteiger partial charge is 0.264 e. The van der Waals surface area contributed by atoms with Crippen LogP contribution in [0.5, 0.6) is 0 Å². The topological polar surface area (TPSA) is 43.1 Å². The molecule has 0 spiro atoms. The summed E-state index contributed by atoms with van der Waals surface area (Å²) in [6, 6.07) is 0. The maximum atomic E-state index is 10.4. The van der Waals surface area contributed by atoms with E-state index in [1.807, 2.05) is 0 Å². The summed E-state index contributed by atoms with van der Waals surface area (Å²) in [6.45, 7) is 4.53. The van der Waals surface area contributed by atoms with Crippen molar-refractivity contribution in [2.45, 2.75) is 26.7 Å². The second kappa shape index (κ2) is 2.56. The molecule has 0 aromatic carbocycles. The Bertz CT molecular complexity index is 281. The molecule has 3 heteroatoms. The summed E-state index contributed by atoms with van der Waals surface area (Å²) < 4.78 is 0. The highest BCUT2D eigenvalue weighted by molar-refractivity contribution is 5.23. The molecule has 0 heterocycles. The van der Waals surface area contributed by atoms with E-state index < -0.39 is 0 Å². The highest BCUT2D eigenvalue weighted by atomic mass is 16.6. The van der Waals surface area contributed by atoms with E-state index in [9.17, 15) is 10.1 Å². The minimum absolute atomic E-state index is 0.0564. The molecule has 0 aliphatic heterocycles. The van der Waals surface area contributed by atoms with E-state index in [0.717, 1.165) is 17.9 Å². The molecule has 0 aromatic rings. The van der Waals surface area contributed by atoms with E-state index in [1.54, 1.807) is 0 Å². The number of hydrogen-bond acceptors (Lipinski definition) is 2. The van der Waals surface area contributed by atoms with Gasteiger partial charge in [0.1, 0.15) is 0 Å². The molecule has 0 amide bonds. The highest BCUT2D eigenvalue weighted by Gasteiger charge is 2.51. The lowest BCUT2D eigenvalue weighted by Crippen LogP contribution is -2.49. The average molecular weight is 181 g/mol. The van der Waals surface area contributed by atoms with Crippen molar-refractivity contribution in [2.24, 2.45) is 17.3 Å². The SMILES string of the molecule is CC1(C)C2CC=C(C[N+](=O)[O-])[C@@H]1C2. The van der Waals surface area contributed by atoms with E-state index >= 15 is 0 Å². The first-order valence-corrected chi connectivity index (χ1v) is 4.82. The van der Waals surface area contributed by atoms with Crippen molar-refractivity contribution in [1.82, 2.24) is 0 Å². The van der Waals surface area contributed by atoms with Crippen LogP contribution in [0, 0.1) is 27.4 Å². The zero-order valence-corrected chi connectivity index (χ0v) is 8.12. The quantitative estimate of drug-likeness (QED) is 0.372. The number of nitro groups is 1. The van der Waals surface area contributed by atoms with Gasteiger partial charge in [-0.25, -0.2) is 0 Å². The maximum absolute atomic E-state index is 10.4. The molecule has 3 aliphatic rings. The first-order valence-electron chi connectivity index (χ1n) is 4.82. The van der Waals surface area contributed by atoms with Crippen LogP contribution in [0.1, 0.15) is 26.7 Å². The van der Waals surface area contributed by atoms with Crippen molar-refractivity contribution in [2.75, 3.05) is 6.54 Å². The Morgan fingerprint density at radius 2 is 2.38 bits per heavy atom. The van der Waals surface area contributed by atoms with Gasteiger partial charge in [0.05, 0.1) is 0 Å². The summed E-state index contributed by atoms with van der Waals surface area (Å²) in [6.07, 6.45) is 4.31. The van der Waals surface area contributed by atoms with Gasteiger partial charge < -0.3 is 0 Å². The van der Waals surface area contributed by atoms with Crippen LogP contribution < -0.4 is 0 Å². The van der Waals surface area contributed by atoms with Gasteiger partial charge in [0.2, 0.25) is 6.54 Å². The number of allylic oxidation sites excluding steroid dienone is 1. The molecule has 1 fully saturated rings. The fourth-order valence-corrected chi connectivity index (χ4v) is 2.80. The van der Waals surface area contributed by atoms with Crippen LogP contribution in [-0.4, -0.2) is 11.5 Å². The van der Waals surface area contributed by atoms with Gasteiger partial charge in [-0.2, -0.15) is 0 Å². The Labute approximate surface area is 78.0 Å². The second-order valence-corrected chi connectivity index (χ2v) is 4.81. The molecule has 2 atom stereocenters. The zero-order valence-electron chi connectivity index (χ0n) is 8.12. The summed E-state index contributed by atoms with van der Waals surface area (Å²) in [5.74, 6) is 1.25. The lowest BCUT2D eigenvalue weighted by Gasteiger charge is -2.55. The van der Waals surface area contributed by atoms with Crippen molar-refractivity contribution in [1.29, 1.82) is 0 Å². The molecule has 0 saturated heterocycles. The van der Waals surface area contributed by atoms with Crippen LogP contribution in [0.2, 0.25) is 0 Å². The van der Waals surface area contributed by atoms with E-state index in [2.05, 4.69) is 19.9 Å². The van der Waals surface area contributed by atoms with Crippen LogP contribution in [0.3, 0.4) is 0 Å². The smallest absolute Gasteiger partial charge is 0.225 e. The van der Waals surface area contributed by atoms with Crippen LogP contribution >= 0.6 is 0 Å². The summed E-state index contributed by atoms with van der Waals surface area (Å²) >= 11 is 0. The lowest BCUT2D eigenvalue weighted by molar-refractivity contribution is -0.473. The average Bonchev–Trinajstić information content (AvgIpc) is 2.03. The van der Waals surface area contributed by atoms with Crippen molar-refractivity contribution < 1.29 is 4.92 Å². The summed E-state index contributed by atoms with van der Waals surface area (Å²) in [4.78, 5) is 10.2. The molecule has 3 nitrogen and oxygen atoms in total. The first kappa shape index (κ1) is 8.73. The number of hydrogen-bond donors (Lipinski definition) is 0. The number of rotatable bonds is 2. The Kier molecular flexibility index (Phi) is 1.72. The van der Waals surface area contributed by atoms with E-state index in [4.69, 9.17) is 0 Å². The van der Waals surface area contributed by atoms with Gasteiger partial charge in [0, 0.05) is 4.92 Å². The fraction of sp³-hybridized carbons (Fsp3) is 0.800. The first-order chi connectivity index (χ1) is 6.01. The van der Waals surface area contributed by atoms with Gasteiger partial charge in [-0.15, -0.1) is 0 Å². The molecule has 0 radical (unpaired) electrons. The normalized spacial score (nSPS) is 34.8. The highest BCUT2D eigenvalue weighted by Crippen LogP contribution is 2.59. The molecule has 0 N–H and O–H groups in total. The Hall–Kier alpha value is -0.860. The minimum atomic E-state index is -0.208. The number of fused-ring (bicyclic) bond motifs is 1. The molecular weight excluding hydrogens is 166 g/mol. The Balaban J connectivity index is 2.14. The van der Waals surface area contributed by atoms with Gasteiger partial charge in [-0.3, -0.25) is 10.1 Å². The molecule has 72 valence electrons. The second-order valence-electron chi connectivity index (χ2n) is 4.81. The Morgan fingerprint density at radius 1 is 1.69 bits per heavy atom. The summed E-state index contributed by atoms with van der Waals surface area (Å²) in [7, 11) is 0. The number of nitrogens with zero attached hydrogens (tertiary/aromatic N) is 1. The third kappa shape index (κ3) is 1.18.